The summed E-state index contributed by atoms with van der Waals surface area (Å²) in [5.74, 6) is 2.48. The van der Waals surface area contributed by atoms with Gasteiger partial charge in [-0.2, -0.15) is 5.26 Å². The fourth-order valence-corrected chi connectivity index (χ4v) is 5.47. The average molecular weight is 475 g/mol. The first kappa shape index (κ1) is 22.0. The molecule has 1 aliphatic heterocycles. The van der Waals surface area contributed by atoms with Crippen LogP contribution in [-0.4, -0.2) is 30.1 Å². The number of benzene rings is 3. The van der Waals surface area contributed by atoms with Gasteiger partial charge in [0.05, 0.1) is 36.9 Å². The Morgan fingerprint density at radius 2 is 1.67 bits per heavy atom. The number of rotatable bonds is 4. The van der Waals surface area contributed by atoms with Crippen molar-refractivity contribution in [3.05, 3.63) is 101 Å². The largest absolute Gasteiger partial charge is 0.493 e. The number of nitrogens with zero attached hydrogens (tertiary/aromatic N) is 4. The van der Waals surface area contributed by atoms with Gasteiger partial charge < -0.3 is 14.4 Å². The van der Waals surface area contributed by atoms with E-state index in [9.17, 15) is 5.26 Å². The van der Waals surface area contributed by atoms with Crippen molar-refractivity contribution < 1.29 is 9.47 Å². The van der Waals surface area contributed by atoms with Crippen molar-refractivity contribution in [1.82, 2.24) is 9.38 Å². The first-order valence-corrected chi connectivity index (χ1v) is 12.0. The van der Waals surface area contributed by atoms with Crippen LogP contribution in [0, 0.1) is 18.3 Å². The van der Waals surface area contributed by atoms with Crippen LogP contribution in [0.2, 0.25) is 0 Å². The van der Waals surface area contributed by atoms with Crippen LogP contribution >= 0.6 is 0 Å². The summed E-state index contributed by atoms with van der Waals surface area (Å²) in [6.45, 7) is 2.79. The van der Waals surface area contributed by atoms with Gasteiger partial charge in [0.2, 0.25) is 0 Å². The topological polar surface area (TPSA) is 62.8 Å². The van der Waals surface area contributed by atoms with Gasteiger partial charge in [-0.05, 0) is 65.9 Å². The van der Waals surface area contributed by atoms with Crippen molar-refractivity contribution >= 4 is 22.5 Å². The number of pyridine rings is 1. The summed E-state index contributed by atoms with van der Waals surface area (Å²) in [5.41, 5.74) is 7.70. The zero-order valence-electron chi connectivity index (χ0n) is 20.5. The third kappa shape index (κ3) is 3.28. The van der Waals surface area contributed by atoms with E-state index in [1.807, 2.05) is 31.2 Å². The number of fused-ring (bicyclic) bond motifs is 4. The molecule has 0 bridgehead atoms. The van der Waals surface area contributed by atoms with E-state index in [0.29, 0.717) is 17.0 Å². The highest BCUT2D eigenvalue weighted by Crippen LogP contribution is 2.43. The number of hydrogen-bond donors (Lipinski definition) is 0. The number of methoxy groups -OCH3 is 2. The van der Waals surface area contributed by atoms with Gasteiger partial charge >= 0.3 is 0 Å². The number of para-hydroxylation sites is 2. The highest BCUT2D eigenvalue weighted by Gasteiger charge is 2.33. The fourth-order valence-electron chi connectivity index (χ4n) is 5.47. The lowest BCUT2D eigenvalue weighted by Crippen LogP contribution is -2.37. The van der Waals surface area contributed by atoms with Crippen LogP contribution in [0.25, 0.3) is 16.7 Å². The molecule has 36 heavy (non-hydrogen) atoms. The Kier molecular flexibility index (Phi) is 5.26. The van der Waals surface area contributed by atoms with Crippen LogP contribution in [0.15, 0.2) is 72.8 Å². The maximum absolute atomic E-state index is 9.97. The molecule has 0 amide bonds. The minimum Gasteiger partial charge on any atom is -0.493 e. The third-order valence-electron chi connectivity index (χ3n) is 7.15. The molecule has 1 atom stereocenters. The zero-order valence-corrected chi connectivity index (χ0v) is 20.5. The minimum absolute atomic E-state index is 0.0496. The van der Waals surface area contributed by atoms with Crippen LogP contribution < -0.4 is 14.4 Å². The molecule has 6 rings (SSSR count). The van der Waals surface area contributed by atoms with Crippen molar-refractivity contribution in [2.24, 2.45) is 0 Å². The molecule has 3 heterocycles. The van der Waals surface area contributed by atoms with E-state index in [1.54, 1.807) is 14.2 Å². The van der Waals surface area contributed by atoms with Crippen LogP contribution in [0.4, 0.5) is 5.82 Å². The van der Waals surface area contributed by atoms with Crippen LogP contribution in [0.1, 0.15) is 33.9 Å². The van der Waals surface area contributed by atoms with Gasteiger partial charge in [-0.3, -0.25) is 4.40 Å². The number of nitriles is 1. The lowest BCUT2D eigenvalue weighted by atomic mass is 9.87. The molecule has 1 aliphatic rings. The van der Waals surface area contributed by atoms with E-state index in [1.165, 1.54) is 16.7 Å². The van der Waals surface area contributed by atoms with Gasteiger partial charge in [0, 0.05) is 6.54 Å². The first-order chi connectivity index (χ1) is 17.6. The van der Waals surface area contributed by atoms with E-state index in [-0.39, 0.29) is 6.04 Å². The second kappa shape index (κ2) is 8.62. The second-order valence-electron chi connectivity index (χ2n) is 9.09. The van der Waals surface area contributed by atoms with Gasteiger partial charge in [-0.25, -0.2) is 4.98 Å². The average Bonchev–Trinajstić information content (AvgIpc) is 3.31. The zero-order chi connectivity index (χ0) is 24.8. The minimum atomic E-state index is -0.0496. The molecule has 6 heteroatoms. The van der Waals surface area contributed by atoms with Gasteiger partial charge in [-0.1, -0.05) is 42.5 Å². The van der Waals surface area contributed by atoms with E-state index in [4.69, 9.17) is 14.5 Å². The monoisotopic (exact) mass is 474 g/mol. The predicted molar refractivity (Wildman–Crippen MR) is 141 cm³/mol. The Balaban J connectivity index is 1.65. The normalized spacial score (nSPS) is 15.1. The van der Waals surface area contributed by atoms with Crippen molar-refractivity contribution in [3.63, 3.8) is 0 Å². The molecule has 3 aromatic carbocycles. The third-order valence-corrected chi connectivity index (χ3v) is 7.15. The predicted octanol–water partition coefficient (Wildman–Crippen LogP) is 5.84. The molecule has 0 radical (unpaired) electrons. The summed E-state index contributed by atoms with van der Waals surface area (Å²) in [7, 11) is 3.35. The van der Waals surface area contributed by atoms with E-state index in [0.717, 1.165) is 41.1 Å². The molecule has 0 saturated heterocycles. The summed E-state index contributed by atoms with van der Waals surface area (Å²) in [6.07, 6.45) is 0.853. The summed E-state index contributed by atoms with van der Waals surface area (Å²) >= 11 is 0. The standard InChI is InChI=1S/C30H26N4O2/c1-19-15-28(34-25-12-8-7-11-24(25)32-30(34)23(19)18-31)33-14-13-21-16-26(35-2)27(36-3)17-22(21)29(33)20-9-5-4-6-10-20/h4-12,15-17,29H,13-14H2,1-3H3. The highest BCUT2D eigenvalue weighted by molar-refractivity contribution is 5.85. The second-order valence-corrected chi connectivity index (χ2v) is 9.09. The Morgan fingerprint density at radius 1 is 0.944 bits per heavy atom. The molecule has 2 aromatic heterocycles. The van der Waals surface area contributed by atoms with Gasteiger partial charge in [-0.15, -0.1) is 0 Å². The van der Waals surface area contributed by atoms with Crippen molar-refractivity contribution in [3.8, 4) is 17.6 Å². The van der Waals surface area contributed by atoms with Crippen LogP contribution in [-0.2, 0) is 6.42 Å². The Bertz CT molecular complexity index is 1650. The number of imidazole rings is 1. The SMILES string of the molecule is COc1cc2c(cc1OC)C(c1ccccc1)N(c1cc(C)c(C#N)c3nc4ccccc4n13)CC2. The van der Waals surface area contributed by atoms with Crippen molar-refractivity contribution in [2.45, 2.75) is 19.4 Å². The highest BCUT2D eigenvalue weighted by atomic mass is 16.5. The van der Waals surface area contributed by atoms with E-state index >= 15 is 0 Å². The van der Waals surface area contributed by atoms with Gasteiger partial charge in [0.25, 0.3) is 0 Å². The first-order valence-electron chi connectivity index (χ1n) is 12.0. The number of aryl methyl sites for hydroxylation is 1. The lowest BCUT2D eigenvalue weighted by molar-refractivity contribution is 0.353. The van der Waals surface area contributed by atoms with Crippen LogP contribution in [0.5, 0.6) is 11.5 Å². The van der Waals surface area contributed by atoms with E-state index in [2.05, 4.69) is 63.9 Å². The molecule has 0 aliphatic carbocycles. The molecule has 0 spiro atoms. The summed E-state index contributed by atoms with van der Waals surface area (Å²) < 4.78 is 13.4. The molecule has 5 aromatic rings. The quantitative estimate of drug-likeness (QED) is 0.328. The van der Waals surface area contributed by atoms with Crippen LogP contribution in [0.3, 0.4) is 0 Å². The summed E-state index contributed by atoms with van der Waals surface area (Å²) in [6, 6.07) is 27.3. The number of aromatic nitrogens is 2. The number of anilines is 1. The number of ether oxygens (including phenoxy) is 2. The maximum atomic E-state index is 9.97. The molecule has 1 unspecified atom stereocenters. The molecular formula is C30H26N4O2. The molecule has 6 nitrogen and oxygen atoms in total. The Labute approximate surface area is 209 Å². The number of hydrogen-bond acceptors (Lipinski definition) is 5. The Hall–Kier alpha value is -4.50. The smallest absolute Gasteiger partial charge is 0.161 e. The van der Waals surface area contributed by atoms with Gasteiger partial charge in [0.1, 0.15) is 11.9 Å². The molecular weight excluding hydrogens is 448 g/mol. The Morgan fingerprint density at radius 3 is 2.42 bits per heavy atom. The lowest BCUT2D eigenvalue weighted by Gasteiger charge is -2.40. The van der Waals surface area contributed by atoms with E-state index < -0.39 is 0 Å². The molecule has 0 fully saturated rings. The van der Waals surface area contributed by atoms with Crippen molar-refractivity contribution in [1.29, 1.82) is 5.26 Å². The molecule has 178 valence electrons. The summed E-state index contributed by atoms with van der Waals surface area (Å²) in [4.78, 5) is 7.30. The fraction of sp³-hybridized carbons (Fsp3) is 0.200. The molecule has 0 N–H and O–H groups in total. The molecule has 0 saturated carbocycles. The summed E-state index contributed by atoms with van der Waals surface area (Å²) in [5, 5.41) is 9.97. The maximum Gasteiger partial charge on any atom is 0.161 e. The van der Waals surface area contributed by atoms with Crippen molar-refractivity contribution in [2.75, 3.05) is 25.7 Å². The van der Waals surface area contributed by atoms with Gasteiger partial charge in [0.15, 0.2) is 17.1 Å².